The van der Waals surface area contributed by atoms with E-state index in [1.165, 1.54) is 6.07 Å². The van der Waals surface area contributed by atoms with Gasteiger partial charge in [-0.3, -0.25) is 0 Å². The molecule has 0 saturated carbocycles. The summed E-state index contributed by atoms with van der Waals surface area (Å²) in [6, 6.07) is 2.84. The Morgan fingerprint density at radius 1 is 1.33 bits per heavy atom. The van der Waals surface area contributed by atoms with Crippen LogP contribution in [-0.2, 0) is 0 Å². The molecule has 1 atom stereocenters. The largest absolute Gasteiger partial charge is 0.432 e. The van der Waals surface area contributed by atoms with Crippen molar-refractivity contribution in [1.29, 1.82) is 0 Å². The van der Waals surface area contributed by atoms with Crippen molar-refractivity contribution in [3.8, 4) is 5.75 Å². The quantitative estimate of drug-likeness (QED) is 0.861. The van der Waals surface area contributed by atoms with Crippen LogP contribution in [-0.4, -0.2) is 43.7 Å². The summed E-state index contributed by atoms with van der Waals surface area (Å²) >= 11 is 0. The number of halogens is 3. The molecule has 0 aliphatic carbocycles. The molecule has 2 amide bonds. The lowest BCUT2D eigenvalue weighted by Gasteiger charge is -2.33. The van der Waals surface area contributed by atoms with Crippen molar-refractivity contribution in [1.82, 2.24) is 10.2 Å². The van der Waals surface area contributed by atoms with Crippen molar-refractivity contribution in [3.05, 3.63) is 24.0 Å². The number of carbonyl (C=O) groups is 1. The summed E-state index contributed by atoms with van der Waals surface area (Å²) < 4.78 is 41.8. The van der Waals surface area contributed by atoms with Crippen molar-refractivity contribution in [2.75, 3.05) is 25.5 Å². The van der Waals surface area contributed by atoms with E-state index in [1.54, 1.807) is 0 Å². The highest BCUT2D eigenvalue weighted by atomic mass is 19.3. The zero-order valence-corrected chi connectivity index (χ0v) is 13.7. The topological polar surface area (TPSA) is 53.6 Å². The van der Waals surface area contributed by atoms with E-state index in [2.05, 4.69) is 27.3 Å². The van der Waals surface area contributed by atoms with Crippen LogP contribution in [0.5, 0.6) is 5.75 Å². The fraction of sp³-hybridized carbons (Fsp3) is 0.562. The molecule has 0 unspecified atom stereocenters. The first kappa shape index (κ1) is 18.4. The summed E-state index contributed by atoms with van der Waals surface area (Å²) in [5, 5.41) is 5.34. The van der Waals surface area contributed by atoms with Gasteiger partial charge in [0, 0.05) is 17.8 Å². The van der Waals surface area contributed by atoms with Crippen molar-refractivity contribution in [2.24, 2.45) is 5.92 Å². The van der Waals surface area contributed by atoms with Gasteiger partial charge in [-0.25, -0.2) is 9.18 Å². The number of benzene rings is 1. The Labute approximate surface area is 139 Å². The third kappa shape index (κ3) is 5.30. The van der Waals surface area contributed by atoms with Gasteiger partial charge in [-0.15, -0.1) is 0 Å². The molecular weight excluding hydrogens is 323 g/mol. The summed E-state index contributed by atoms with van der Waals surface area (Å²) in [5.41, 5.74) is 0.169. The smallest absolute Gasteiger partial charge is 0.387 e. The van der Waals surface area contributed by atoms with E-state index < -0.39 is 24.2 Å². The maximum atomic E-state index is 13.6. The van der Waals surface area contributed by atoms with E-state index >= 15 is 0 Å². The van der Waals surface area contributed by atoms with E-state index in [9.17, 15) is 18.0 Å². The van der Waals surface area contributed by atoms with Crippen LogP contribution in [0.25, 0.3) is 0 Å². The molecule has 2 N–H and O–H groups in total. The van der Waals surface area contributed by atoms with Crippen LogP contribution in [0.3, 0.4) is 0 Å². The summed E-state index contributed by atoms with van der Waals surface area (Å²) in [6.07, 6.45) is 2.01. The van der Waals surface area contributed by atoms with Crippen LogP contribution in [0.4, 0.5) is 23.7 Å². The van der Waals surface area contributed by atoms with Gasteiger partial charge in [0.25, 0.3) is 0 Å². The number of urea groups is 1. The first-order valence-corrected chi connectivity index (χ1v) is 7.85. The van der Waals surface area contributed by atoms with Crippen LogP contribution in [0.1, 0.15) is 19.8 Å². The zero-order valence-electron chi connectivity index (χ0n) is 13.7. The molecule has 0 spiro atoms. The van der Waals surface area contributed by atoms with Crippen LogP contribution in [0.15, 0.2) is 18.2 Å². The monoisotopic (exact) mass is 345 g/mol. The van der Waals surface area contributed by atoms with E-state index in [1.807, 2.05) is 6.92 Å². The number of hydrogen-bond acceptors (Lipinski definition) is 3. The highest BCUT2D eigenvalue weighted by Gasteiger charge is 2.23. The number of nitrogens with zero attached hydrogens (tertiary/aromatic N) is 1. The fourth-order valence-electron chi connectivity index (χ4n) is 2.79. The van der Waals surface area contributed by atoms with Gasteiger partial charge in [-0.2, -0.15) is 8.78 Å². The van der Waals surface area contributed by atoms with E-state index in [0.29, 0.717) is 5.92 Å². The number of piperidine rings is 1. The lowest BCUT2D eigenvalue weighted by molar-refractivity contribution is -0.0521. The minimum Gasteiger partial charge on any atom is -0.432 e. The third-order valence-electron chi connectivity index (χ3n) is 4.23. The average molecular weight is 345 g/mol. The molecule has 0 bridgehead atoms. The summed E-state index contributed by atoms with van der Waals surface area (Å²) in [5.74, 6) is -1.13. The van der Waals surface area contributed by atoms with Crippen molar-refractivity contribution < 1.29 is 22.7 Å². The molecule has 1 heterocycles. The molecule has 1 saturated heterocycles. The highest BCUT2D eigenvalue weighted by molar-refractivity contribution is 5.89. The van der Waals surface area contributed by atoms with Crippen molar-refractivity contribution in [2.45, 2.75) is 32.4 Å². The van der Waals surface area contributed by atoms with Gasteiger partial charge in [-0.1, -0.05) is 0 Å². The number of amides is 2. The Kier molecular flexibility index (Phi) is 6.30. The van der Waals surface area contributed by atoms with Gasteiger partial charge < -0.3 is 20.3 Å². The van der Waals surface area contributed by atoms with E-state index in [-0.39, 0.29) is 11.7 Å². The number of rotatable bonds is 5. The predicted molar refractivity (Wildman–Crippen MR) is 84.9 cm³/mol. The van der Waals surface area contributed by atoms with E-state index in [4.69, 9.17) is 0 Å². The SMILES string of the molecule is C[C@@H](NC(=O)Nc1ccc(OC(F)F)c(F)c1)C1CCN(C)CC1. The average Bonchev–Trinajstić information content (AvgIpc) is 2.50. The molecule has 1 aromatic carbocycles. The number of hydrogen-bond donors (Lipinski definition) is 2. The fourth-order valence-corrected chi connectivity index (χ4v) is 2.79. The van der Waals surface area contributed by atoms with Crippen molar-refractivity contribution >= 4 is 11.7 Å². The number of carbonyl (C=O) groups excluding carboxylic acids is 1. The maximum Gasteiger partial charge on any atom is 0.387 e. The van der Waals surface area contributed by atoms with Crippen LogP contribution < -0.4 is 15.4 Å². The van der Waals surface area contributed by atoms with E-state index in [0.717, 1.165) is 38.1 Å². The molecule has 24 heavy (non-hydrogen) atoms. The Hall–Kier alpha value is -1.96. The molecule has 134 valence electrons. The number of likely N-dealkylation sites (tertiary alicyclic amines) is 1. The van der Waals surface area contributed by atoms with Crippen LogP contribution in [0, 0.1) is 11.7 Å². The molecule has 1 fully saturated rings. The molecule has 1 aliphatic rings. The van der Waals surface area contributed by atoms with Crippen LogP contribution in [0.2, 0.25) is 0 Å². The zero-order chi connectivity index (χ0) is 17.7. The first-order valence-electron chi connectivity index (χ1n) is 7.85. The Morgan fingerprint density at radius 3 is 2.58 bits per heavy atom. The second kappa shape index (κ2) is 8.23. The maximum absolute atomic E-state index is 13.6. The summed E-state index contributed by atoms with van der Waals surface area (Å²) in [4.78, 5) is 14.2. The van der Waals surface area contributed by atoms with Crippen LogP contribution >= 0.6 is 0 Å². The Morgan fingerprint density at radius 2 is 2.00 bits per heavy atom. The first-order chi connectivity index (χ1) is 11.3. The molecule has 0 radical (unpaired) electrons. The number of ether oxygens (including phenoxy) is 1. The molecule has 5 nitrogen and oxygen atoms in total. The molecular formula is C16H22F3N3O2. The Balaban J connectivity index is 1.86. The minimum absolute atomic E-state index is 0.00927. The Bertz CT molecular complexity index is 563. The summed E-state index contributed by atoms with van der Waals surface area (Å²) in [6.45, 7) is 0.831. The van der Waals surface area contributed by atoms with Crippen molar-refractivity contribution in [3.63, 3.8) is 0 Å². The number of nitrogens with one attached hydrogen (secondary N) is 2. The molecule has 0 aromatic heterocycles. The second-order valence-electron chi connectivity index (χ2n) is 6.05. The minimum atomic E-state index is -3.10. The lowest BCUT2D eigenvalue weighted by atomic mass is 9.91. The number of anilines is 1. The summed E-state index contributed by atoms with van der Waals surface area (Å²) in [7, 11) is 2.07. The molecule has 1 aromatic rings. The van der Waals surface area contributed by atoms with Gasteiger partial charge in [0.15, 0.2) is 11.6 Å². The molecule has 8 heteroatoms. The second-order valence-corrected chi connectivity index (χ2v) is 6.05. The standard InChI is InChI=1S/C16H22F3N3O2/c1-10(11-5-7-22(2)8-6-11)20-16(23)21-12-3-4-14(13(17)9-12)24-15(18)19/h3-4,9-11,15H,5-8H2,1-2H3,(H2,20,21,23)/t10-/m1/s1. The number of alkyl halides is 2. The van der Waals surface area contributed by atoms with Gasteiger partial charge in [-0.05, 0) is 58.0 Å². The van der Waals surface area contributed by atoms with Gasteiger partial charge in [0.2, 0.25) is 0 Å². The van der Waals surface area contributed by atoms with Gasteiger partial charge >= 0.3 is 12.6 Å². The third-order valence-corrected chi connectivity index (χ3v) is 4.23. The highest BCUT2D eigenvalue weighted by Crippen LogP contribution is 2.23. The molecule has 2 rings (SSSR count). The lowest BCUT2D eigenvalue weighted by Crippen LogP contribution is -2.44. The van der Waals surface area contributed by atoms with Gasteiger partial charge in [0.1, 0.15) is 0 Å². The normalized spacial score (nSPS) is 17.6. The molecule has 1 aliphatic heterocycles. The van der Waals surface area contributed by atoms with Gasteiger partial charge in [0.05, 0.1) is 0 Å². The predicted octanol–water partition coefficient (Wildman–Crippen LogP) is 3.28.